The normalized spacial score (nSPS) is 10.5. The van der Waals surface area contributed by atoms with Crippen LogP contribution in [0.5, 0.6) is 0 Å². The maximum atomic E-state index is 12.5. The molecule has 2 rings (SSSR count). The van der Waals surface area contributed by atoms with Crippen molar-refractivity contribution in [3.8, 4) is 0 Å². The van der Waals surface area contributed by atoms with Gasteiger partial charge in [-0.2, -0.15) is 0 Å². The van der Waals surface area contributed by atoms with Crippen molar-refractivity contribution in [1.82, 2.24) is 0 Å². The molecule has 0 aromatic heterocycles. The number of aryl methyl sites for hydroxylation is 3. The van der Waals surface area contributed by atoms with Crippen molar-refractivity contribution >= 4 is 23.1 Å². The van der Waals surface area contributed by atoms with Gasteiger partial charge in [-0.3, -0.25) is 4.79 Å². The molecule has 0 unspecified atom stereocenters. The summed E-state index contributed by atoms with van der Waals surface area (Å²) in [6.45, 7) is 5.70. The van der Waals surface area contributed by atoms with Crippen molar-refractivity contribution in [1.29, 1.82) is 0 Å². The minimum atomic E-state index is -0.0207. The van der Waals surface area contributed by atoms with Crippen molar-refractivity contribution in [2.75, 3.05) is 5.73 Å². The Bertz CT molecular complexity index is 642. The van der Waals surface area contributed by atoms with E-state index in [1.54, 1.807) is 6.07 Å². The number of halogens is 1. The molecule has 3 heteroatoms. The molecule has 0 saturated carbocycles. The summed E-state index contributed by atoms with van der Waals surface area (Å²) in [5, 5.41) is 0.679. The molecule has 19 heavy (non-hydrogen) atoms. The Labute approximate surface area is 118 Å². The number of benzene rings is 2. The van der Waals surface area contributed by atoms with E-state index in [9.17, 15) is 4.79 Å². The summed E-state index contributed by atoms with van der Waals surface area (Å²) >= 11 is 6.06. The lowest BCUT2D eigenvalue weighted by Crippen LogP contribution is -2.05. The Hall–Kier alpha value is -1.80. The van der Waals surface area contributed by atoms with E-state index in [1.807, 2.05) is 45.0 Å². The molecule has 0 saturated heterocycles. The molecule has 0 aliphatic carbocycles. The fourth-order valence-electron chi connectivity index (χ4n) is 2.12. The van der Waals surface area contributed by atoms with Gasteiger partial charge in [0.2, 0.25) is 0 Å². The van der Waals surface area contributed by atoms with Crippen LogP contribution in [0.3, 0.4) is 0 Å². The lowest BCUT2D eigenvalue weighted by molar-refractivity contribution is 0.103. The number of hydrogen-bond acceptors (Lipinski definition) is 2. The second-order valence-electron chi connectivity index (χ2n) is 4.88. The van der Waals surface area contributed by atoms with Gasteiger partial charge in [0, 0.05) is 21.8 Å². The van der Waals surface area contributed by atoms with Gasteiger partial charge in [-0.1, -0.05) is 11.6 Å². The first-order valence-electron chi connectivity index (χ1n) is 6.07. The summed E-state index contributed by atoms with van der Waals surface area (Å²) < 4.78 is 0. The zero-order chi connectivity index (χ0) is 14.2. The van der Waals surface area contributed by atoms with Gasteiger partial charge in [-0.05, 0) is 67.8 Å². The average Bonchev–Trinajstić information content (AvgIpc) is 2.31. The highest BCUT2D eigenvalue weighted by molar-refractivity contribution is 6.31. The summed E-state index contributed by atoms with van der Waals surface area (Å²) in [7, 11) is 0. The summed E-state index contributed by atoms with van der Waals surface area (Å²) in [6.07, 6.45) is 0. The van der Waals surface area contributed by atoms with Crippen LogP contribution in [0.1, 0.15) is 32.6 Å². The molecule has 0 radical (unpaired) electrons. The largest absolute Gasteiger partial charge is 0.399 e. The first-order chi connectivity index (χ1) is 8.88. The number of carbonyl (C=O) groups is 1. The number of ketones is 1. The molecule has 0 aliphatic rings. The summed E-state index contributed by atoms with van der Waals surface area (Å²) in [4.78, 5) is 12.5. The Morgan fingerprint density at radius 3 is 2.32 bits per heavy atom. The zero-order valence-electron chi connectivity index (χ0n) is 11.3. The highest BCUT2D eigenvalue weighted by Gasteiger charge is 2.14. The first kappa shape index (κ1) is 13.6. The highest BCUT2D eigenvalue weighted by atomic mass is 35.5. The van der Waals surface area contributed by atoms with Crippen LogP contribution in [-0.4, -0.2) is 5.78 Å². The fraction of sp³-hybridized carbons (Fsp3) is 0.188. The Kier molecular flexibility index (Phi) is 3.63. The van der Waals surface area contributed by atoms with Crippen LogP contribution < -0.4 is 5.73 Å². The molecular weight excluding hydrogens is 258 g/mol. The molecular formula is C16H16ClNO. The molecule has 0 fully saturated rings. The van der Waals surface area contributed by atoms with Crippen LogP contribution in [0.15, 0.2) is 30.3 Å². The van der Waals surface area contributed by atoms with Crippen molar-refractivity contribution in [2.45, 2.75) is 20.8 Å². The van der Waals surface area contributed by atoms with Gasteiger partial charge in [0.05, 0.1) is 0 Å². The van der Waals surface area contributed by atoms with Crippen molar-refractivity contribution < 1.29 is 4.79 Å². The SMILES string of the molecule is Cc1cc(N)cc(C(=O)c2cc(C)c(Cl)cc2C)c1. The molecule has 2 aromatic carbocycles. The van der Waals surface area contributed by atoms with Gasteiger partial charge in [0.15, 0.2) is 5.78 Å². The van der Waals surface area contributed by atoms with E-state index < -0.39 is 0 Å². The van der Waals surface area contributed by atoms with Gasteiger partial charge in [-0.25, -0.2) is 0 Å². The third-order valence-electron chi connectivity index (χ3n) is 3.11. The smallest absolute Gasteiger partial charge is 0.193 e. The maximum absolute atomic E-state index is 12.5. The monoisotopic (exact) mass is 273 g/mol. The lowest BCUT2D eigenvalue weighted by atomic mass is 9.96. The zero-order valence-corrected chi connectivity index (χ0v) is 12.0. The van der Waals surface area contributed by atoms with Crippen LogP contribution in [-0.2, 0) is 0 Å². The van der Waals surface area contributed by atoms with E-state index in [1.165, 1.54) is 0 Å². The van der Waals surface area contributed by atoms with Crippen molar-refractivity contribution in [3.63, 3.8) is 0 Å². The van der Waals surface area contributed by atoms with E-state index in [0.717, 1.165) is 16.7 Å². The molecule has 0 amide bonds. The average molecular weight is 274 g/mol. The molecule has 2 N–H and O–H groups in total. The van der Waals surface area contributed by atoms with E-state index in [0.29, 0.717) is 21.8 Å². The van der Waals surface area contributed by atoms with Crippen molar-refractivity contribution in [3.05, 3.63) is 63.2 Å². The molecule has 2 nitrogen and oxygen atoms in total. The summed E-state index contributed by atoms with van der Waals surface area (Å²) in [6, 6.07) is 9.05. The second kappa shape index (κ2) is 5.06. The Balaban J connectivity index is 2.53. The fourth-order valence-corrected chi connectivity index (χ4v) is 2.34. The molecule has 98 valence electrons. The highest BCUT2D eigenvalue weighted by Crippen LogP contribution is 2.23. The van der Waals surface area contributed by atoms with E-state index in [2.05, 4.69) is 0 Å². The molecule has 0 atom stereocenters. The summed E-state index contributed by atoms with van der Waals surface area (Å²) in [5.74, 6) is -0.0207. The van der Waals surface area contributed by atoms with Crippen molar-refractivity contribution in [2.24, 2.45) is 0 Å². The topological polar surface area (TPSA) is 43.1 Å². The standard InChI is InChI=1S/C16H16ClNO/c1-9-4-12(8-13(18)5-9)16(19)14-6-11(3)15(17)7-10(14)2/h4-8H,18H2,1-3H3. The Morgan fingerprint density at radius 1 is 1.00 bits per heavy atom. The number of anilines is 1. The lowest BCUT2D eigenvalue weighted by Gasteiger charge is -2.09. The predicted molar refractivity (Wildman–Crippen MR) is 79.9 cm³/mol. The first-order valence-corrected chi connectivity index (χ1v) is 6.45. The second-order valence-corrected chi connectivity index (χ2v) is 5.29. The van der Waals surface area contributed by atoms with Crippen LogP contribution in [0.2, 0.25) is 5.02 Å². The molecule has 2 aromatic rings. The quantitative estimate of drug-likeness (QED) is 0.662. The van der Waals surface area contributed by atoms with Crippen LogP contribution in [0.25, 0.3) is 0 Å². The third kappa shape index (κ3) is 2.79. The summed E-state index contributed by atoms with van der Waals surface area (Å²) in [5.41, 5.74) is 10.4. The predicted octanol–water partition coefficient (Wildman–Crippen LogP) is 4.08. The molecule has 0 aliphatic heterocycles. The van der Waals surface area contributed by atoms with Gasteiger partial charge in [0.1, 0.15) is 0 Å². The van der Waals surface area contributed by atoms with Gasteiger partial charge in [0.25, 0.3) is 0 Å². The van der Waals surface area contributed by atoms with E-state index in [-0.39, 0.29) is 5.78 Å². The van der Waals surface area contributed by atoms with Gasteiger partial charge in [-0.15, -0.1) is 0 Å². The van der Waals surface area contributed by atoms with E-state index in [4.69, 9.17) is 17.3 Å². The minimum absolute atomic E-state index is 0.0207. The maximum Gasteiger partial charge on any atom is 0.193 e. The number of nitrogens with two attached hydrogens (primary N) is 1. The molecule has 0 heterocycles. The van der Waals surface area contributed by atoms with Gasteiger partial charge >= 0.3 is 0 Å². The molecule has 0 bridgehead atoms. The number of carbonyl (C=O) groups excluding carboxylic acids is 1. The minimum Gasteiger partial charge on any atom is -0.399 e. The Morgan fingerprint density at radius 2 is 1.68 bits per heavy atom. The van der Waals surface area contributed by atoms with Crippen LogP contribution in [0.4, 0.5) is 5.69 Å². The van der Waals surface area contributed by atoms with E-state index >= 15 is 0 Å². The molecule has 0 spiro atoms. The number of rotatable bonds is 2. The number of nitrogen functional groups attached to an aromatic ring is 1. The van der Waals surface area contributed by atoms with Crippen LogP contribution in [0, 0.1) is 20.8 Å². The van der Waals surface area contributed by atoms with Crippen LogP contribution >= 0.6 is 11.6 Å². The van der Waals surface area contributed by atoms with Gasteiger partial charge < -0.3 is 5.73 Å². The third-order valence-corrected chi connectivity index (χ3v) is 3.52. The number of hydrogen-bond donors (Lipinski definition) is 1.